The van der Waals surface area contributed by atoms with Crippen molar-refractivity contribution in [3.8, 4) is 11.5 Å². The molecule has 2 aliphatic carbocycles. The maximum Gasteiger partial charge on any atom is 0.254 e. The van der Waals surface area contributed by atoms with Gasteiger partial charge in [-0.15, -0.1) is 6.58 Å². The standard InChI is InChI=1S/C50H59FN2O7/c1-6-27-58-50-45(53(5)48(56)36-22-21-33-15-7-8-16-34(33)28-36)31-43(52-60-49(2,3)4)40-29-35(17-11-13-25-54)39(19-12-14-26-55)46(47(40)50)41-30-38(23-24-44(41)59-50)57-32-37-18-9-10-20-42(37)51/h6-10,15-16,18,20-24,28-30,35,39,45-47,54-55H,1,11-14,17,19,25-27,31-32H2,2-5H3. The molecule has 60 heavy (non-hydrogen) atoms. The number of rotatable bonds is 17. The van der Waals surface area contributed by atoms with Gasteiger partial charge >= 0.3 is 0 Å². The van der Waals surface area contributed by atoms with Crippen molar-refractivity contribution in [2.45, 2.75) is 95.7 Å². The average Bonchev–Trinajstić information content (AvgIpc) is 3.24. The first-order valence-electron chi connectivity index (χ1n) is 21.4. The third-order valence-corrected chi connectivity index (χ3v) is 12.2. The lowest BCUT2D eigenvalue weighted by Crippen LogP contribution is -2.69. The molecule has 4 aromatic carbocycles. The van der Waals surface area contributed by atoms with Gasteiger partial charge in [0.1, 0.15) is 35.6 Å². The number of allylic oxidation sites excluding steroid dienone is 1. The number of amides is 1. The number of likely N-dealkylation sites (N-methyl/N-ethyl adjacent to an activating group) is 1. The summed E-state index contributed by atoms with van der Waals surface area (Å²) >= 11 is 0. The van der Waals surface area contributed by atoms with Crippen molar-refractivity contribution in [2.75, 3.05) is 26.9 Å². The largest absolute Gasteiger partial charge is 0.489 e. The van der Waals surface area contributed by atoms with Gasteiger partial charge < -0.3 is 34.2 Å². The molecule has 7 rings (SSSR count). The molecule has 0 radical (unpaired) electrons. The number of nitrogens with zero attached hydrogens (tertiary/aromatic N) is 2. The highest BCUT2D eigenvalue weighted by atomic mass is 19.1. The second kappa shape index (κ2) is 18.7. The summed E-state index contributed by atoms with van der Waals surface area (Å²) in [7, 11) is 1.81. The van der Waals surface area contributed by atoms with Gasteiger partial charge in [-0.1, -0.05) is 78.7 Å². The van der Waals surface area contributed by atoms with Crippen LogP contribution in [0, 0.1) is 23.6 Å². The Balaban J connectivity index is 1.41. The van der Waals surface area contributed by atoms with E-state index >= 15 is 0 Å². The number of ether oxygens (including phenoxy) is 3. The molecule has 3 aliphatic rings. The molecule has 1 amide bonds. The summed E-state index contributed by atoms with van der Waals surface area (Å²) in [5.41, 5.74) is 3.00. The second-order valence-corrected chi connectivity index (χ2v) is 17.3. The highest BCUT2D eigenvalue weighted by Crippen LogP contribution is 2.62. The smallest absolute Gasteiger partial charge is 0.254 e. The molecule has 318 valence electrons. The van der Waals surface area contributed by atoms with Crippen LogP contribution in [0.4, 0.5) is 4.39 Å². The normalized spacial score (nSPS) is 23.9. The molecular formula is C50H59FN2O7. The van der Waals surface area contributed by atoms with Crippen molar-refractivity contribution in [3.63, 3.8) is 0 Å². The van der Waals surface area contributed by atoms with Gasteiger partial charge in [-0.25, -0.2) is 4.39 Å². The molecule has 0 spiro atoms. The number of hydrogen-bond donors (Lipinski definition) is 2. The number of aliphatic hydroxyl groups excluding tert-OH is 2. The fourth-order valence-corrected chi connectivity index (χ4v) is 9.45. The number of hydrogen-bond acceptors (Lipinski definition) is 8. The number of carbonyl (C=O) groups excluding carboxylic acids is 1. The number of aliphatic hydroxyl groups is 2. The van der Waals surface area contributed by atoms with Gasteiger partial charge in [0.25, 0.3) is 5.91 Å². The Kier molecular flexibility index (Phi) is 13.4. The van der Waals surface area contributed by atoms with Crippen LogP contribution in [0.1, 0.15) is 93.1 Å². The van der Waals surface area contributed by atoms with Crippen LogP contribution < -0.4 is 9.47 Å². The van der Waals surface area contributed by atoms with E-state index in [9.17, 15) is 19.4 Å². The Hall–Kier alpha value is -5.03. The molecule has 6 unspecified atom stereocenters. The van der Waals surface area contributed by atoms with E-state index in [4.69, 9.17) is 24.2 Å². The number of oxime groups is 1. The van der Waals surface area contributed by atoms with Crippen LogP contribution in [0.15, 0.2) is 114 Å². The molecule has 0 saturated heterocycles. The zero-order chi connectivity index (χ0) is 42.4. The minimum atomic E-state index is -1.39. The number of halogens is 1. The molecule has 1 saturated carbocycles. The monoisotopic (exact) mass is 818 g/mol. The van der Waals surface area contributed by atoms with E-state index in [2.05, 4.69) is 12.7 Å². The molecule has 0 bridgehead atoms. The highest BCUT2D eigenvalue weighted by molar-refractivity contribution is 6.04. The third-order valence-electron chi connectivity index (χ3n) is 12.2. The van der Waals surface area contributed by atoms with E-state index in [-0.39, 0.29) is 62.3 Å². The molecular weight excluding hydrogens is 760 g/mol. The lowest BCUT2D eigenvalue weighted by atomic mass is 9.55. The maximum atomic E-state index is 14.8. The summed E-state index contributed by atoms with van der Waals surface area (Å²) in [5, 5.41) is 26.7. The first kappa shape index (κ1) is 43.1. The van der Waals surface area contributed by atoms with Gasteiger partial charge in [0.15, 0.2) is 0 Å². The van der Waals surface area contributed by atoms with Gasteiger partial charge in [0, 0.05) is 49.3 Å². The van der Waals surface area contributed by atoms with E-state index < -0.39 is 23.3 Å². The fraction of sp³-hybridized carbons (Fsp3) is 0.440. The van der Waals surface area contributed by atoms with Gasteiger partial charge in [0.05, 0.1) is 18.2 Å². The van der Waals surface area contributed by atoms with Gasteiger partial charge in [-0.05, 0) is 111 Å². The third kappa shape index (κ3) is 9.02. The predicted octanol–water partition coefficient (Wildman–Crippen LogP) is 9.76. The van der Waals surface area contributed by atoms with Crippen molar-refractivity contribution in [1.82, 2.24) is 4.90 Å². The Morgan fingerprint density at radius 1 is 0.967 bits per heavy atom. The van der Waals surface area contributed by atoms with Crippen LogP contribution >= 0.6 is 0 Å². The van der Waals surface area contributed by atoms with E-state index in [1.54, 1.807) is 29.2 Å². The summed E-state index contributed by atoms with van der Waals surface area (Å²) < 4.78 is 35.4. The van der Waals surface area contributed by atoms with Gasteiger partial charge in [-0.3, -0.25) is 4.79 Å². The van der Waals surface area contributed by atoms with Crippen LogP contribution in [-0.4, -0.2) is 71.0 Å². The molecule has 10 heteroatoms. The van der Waals surface area contributed by atoms with Crippen molar-refractivity contribution >= 4 is 22.4 Å². The second-order valence-electron chi connectivity index (χ2n) is 17.3. The first-order valence-corrected chi connectivity index (χ1v) is 21.4. The fourth-order valence-electron chi connectivity index (χ4n) is 9.45. The number of unbranched alkanes of at least 4 members (excludes halogenated alkanes) is 2. The quantitative estimate of drug-likeness (QED) is 0.0621. The summed E-state index contributed by atoms with van der Waals surface area (Å²) in [4.78, 5) is 22.8. The Morgan fingerprint density at radius 3 is 2.43 bits per heavy atom. The SMILES string of the molecule is C=CCOC12Oc3ccc(OCc4ccccc4F)cc3C3C(CCCCO)C(CCCCO)C=C(C(=NOC(C)(C)C)CC1N(C)C(=O)c1ccc4ccccc4c1)C32. The molecule has 6 atom stereocenters. The first-order chi connectivity index (χ1) is 29.0. The summed E-state index contributed by atoms with van der Waals surface area (Å²) in [6.45, 7) is 10.3. The average molecular weight is 819 g/mol. The van der Waals surface area contributed by atoms with Crippen molar-refractivity contribution in [2.24, 2.45) is 22.9 Å². The zero-order valence-electron chi connectivity index (χ0n) is 35.3. The van der Waals surface area contributed by atoms with E-state index in [1.807, 2.05) is 88.5 Å². The highest BCUT2D eigenvalue weighted by Gasteiger charge is 2.65. The topological polar surface area (TPSA) is 110 Å². The van der Waals surface area contributed by atoms with E-state index in [1.165, 1.54) is 6.07 Å². The van der Waals surface area contributed by atoms with Gasteiger partial charge in [0.2, 0.25) is 5.79 Å². The van der Waals surface area contributed by atoms with Gasteiger partial charge in [-0.2, -0.15) is 0 Å². The van der Waals surface area contributed by atoms with E-state index in [0.717, 1.165) is 53.3 Å². The number of benzene rings is 4. The molecule has 9 nitrogen and oxygen atoms in total. The summed E-state index contributed by atoms with van der Waals surface area (Å²) in [6, 6.07) is 25.4. The molecule has 4 aromatic rings. The maximum absolute atomic E-state index is 14.8. The van der Waals surface area contributed by atoms with Crippen LogP contribution in [-0.2, 0) is 16.2 Å². The van der Waals surface area contributed by atoms with Crippen molar-refractivity contribution in [1.29, 1.82) is 0 Å². The number of carbonyl (C=O) groups is 1. The molecule has 0 aromatic heterocycles. The minimum Gasteiger partial charge on any atom is -0.489 e. The Bertz CT molecular complexity index is 2210. The molecule has 1 aliphatic heterocycles. The van der Waals surface area contributed by atoms with E-state index in [0.29, 0.717) is 35.5 Å². The zero-order valence-corrected chi connectivity index (χ0v) is 35.3. The van der Waals surface area contributed by atoms with Crippen LogP contribution in [0.25, 0.3) is 10.8 Å². The number of fused-ring (bicyclic) bond motifs is 3. The summed E-state index contributed by atoms with van der Waals surface area (Å²) in [6.07, 6.45) is 8.89. The predicted molar refractivity (Wildman–Crippen MR) is 233 cm³/mol. The lowest BCUT2D eigenvalue weighted by Gasteiger charge is -2.59. The Morgan fingerprint density at radius 2 is 1.70 bits per heavy atom. The van der Waals surface area contributed by atoms with Crippen molar-refractivity contribution < 1.29 is 38.4 Å². The van der Waals surface area contributed by atoms with Crippen LogP contribution in [0.3, 0.4) is 0 Å². The van der Waals surface area contributed by atoms with Crippen LogP contribution in [0.2, 0.25) is 0 Å². The minimum absolute atomic E-state index is 0.0465. The molecule has 2 N–H and O–H groups in total. The van der Waals surface area contributed by atoms with Crippen molar-refractivity contribution in [3.05, 3.63) is 132 Å². The molecule has 1 fully saturated rings. The van der Waals surface area contributed by atoms with Crippen LogP contribution in [0.5, 0.6) is 11.5 Å². The Labute approximate surface area is 353 Å². The molecule has 1 heterocycles. The lowest BCUT2D eigenvalue weighted by molar-refractivity contribution is -0.252. The summed E-state index contributed by atoms with van der Waals surface area (Å²) in [5.74, 6) is -1.28.